The van der Waals surface area contributed by atoms with Gasteiger partial charge in [0.05, 0.1) is 12.4 Å². The van der Waals surface area contributed by atoms with Gasteiger partial charge < -0.3 is 19.1 Å². The Morgan fingerprint density at radius 2 is 1.19 bits per heavy atom. The number of hydrogen-bond acceptors (Lipinski definition) is 6. The molecule has 0 aliphatic rings. The highest BCUT2D eigenvalue weighted by molar-refractivity contribution is 6.20. The van der Waals surface area contributed by atoms with Crippen LogP contribution in [0.2, 0.25) is 0 Å². The lowest BCUT2D eigenvalue weighted by Gasteiger charge is -2.13. The maximum absolute atomic E-state index is 5.48. The number of hydrogen-bond donors (Lipinski definition) is 0. The normalized spacial score (nSPS) is 9.90. The largest absolute Gasteiger partial charge is 0.576 e. The van der Waals surface area contributed by atoms with Crippen molar-refractivity contribution in [2.75, 3.05) is 38.0 Å². The second-order valence-corrected chi connectivity index (χ2v) is 4.90. The van der Waals surface area contributed by atoms with E-state index in [0.29, 0.717) is 11.5 Å². The molecule has 0 atom stereocenters. The van der Waals surface area contributed by atoms with Crippen LogP contribution in [0.15, 0.2) is 36.7 Å². The van der Waals surface area contributed by atoms with E-state index in [1.54, 1.807) is 12.4 Å². The maximum Gasteiger partial charge on any atom is 0.576 e. The monoisotopic (exact) mass is 286 g/mol. The molecule has 0 fully saturated rings. The van der Waals surface area contributed by atoms with E-state index in [2.05, 4.69) is 9.97 Å². The molecule has 0 amide bonds. The van der Waals surface area contributed by atoms with E-state index >= 15 is 0 Å². The van der Waals surface area contributed by atoms with Crippen molar-refractivity contribution in [3.8, 4) is 11.5 Å². The highest BCUT2D eigenvalue weighted by Gasteiger charge is 2.03. The molecule has 110 valence electrons. The Morgan fingerprint density at radius 1 is 0.762 bits per heavy atom. The molecule has 0 saturated heterocycles. The van der Waals surface area contributed by atoms with Crippen molar-refractivity contribution < 1.29 is 9.31 Å². The topological polar surface area (TPSA) is 50.7 Å². The summed E-state index contributed by atoms with van der Waals surface area (Å²) < 4.78 is 11.0. The second-order valence-electron chi connectivity index (χ2n) is 4.90. The zero-order valence-electron chi connectivity index (χ0n) is 12.8. The zero-order valence-corrected chi connectivity index (χ0v) is 12.8. The average molecular weight is 286 g/mol. The predicted octanol–water partition coefficient (Wildman–Crippen LogP) is 1.33. The van der Waals surface area contributed by atoms with Gasteiger partial charge in [-0.3, -0.25) is 0 Å². The second kappa shape index (κ2) is 6.83. The highest BCUT2D eigenvalue weighted by Crippen LogP contribution is 2.15. The Hall–Kier alpha value is -2.44. The number of pyridine rings is 2. The van der Waals surface area contributed by atoms with Crippen LogP contribution >= 0.6 is 0 Å². The third-order valence-electron chi connectivity index (χ3n) is 2.81. The molecular weight excluding hydrogens is 267 g/mol. The smallest absolute Gasteiger partial charge is 0.527 e. The third kappa shape index (κ3) is 4.27. The molecule has 0 saturated carbocycles. The van der Waals surface area contributed by atoms with E-state index in [9.17, 15) is 0 Å². The summed E-state index contributed by atoms with van der Waals surface area (Å²) in [5.41, 5.74) is 0. The first-order valence-corrected chi connectivity index (χ1v) is 6.58. The summed E-state index contributed by atoms with van der Waals surface area (Å²) in [5.74, 6) is 3.09. The van der Waals surface area contributed by atoms with Gasteiger partial charge in [-0.15, -0.1) is 0 Å². The van der Waals surface area contributed by atoms with Crippen LogP contribution in [0.3, 0.4) is 0 Å². The van der Waals surface area contributed by atoms with Crippen molar-refractivity contribution in [3.05, 3.63) is 36.7 Å². The summed E-state index contributed by atoms with van der Waals surface area (Å²) in [7, 11) is 7.88. The van der Waals surface area contributed by atoms with Crippen molar-refractivity contribution in [2.24, 2.45) is 0 Å². The van der Waals surface area contributed by atoms with Gasteiger partial charge in [-0.2, -0.15) is 0 Å². The van der Waals surface area contributed by atoms with Gasteiger partial charge in [-0.1, -0.05) is 0 Å². The third-order valence-corrected chi connectivity index (χ3v) is 2.81. The van der Waals surface area contributed by atoms with Crippen LogP contribution in [-0.4, -0.2) is 45.8 Å². The Morgan fingerprint density at radius 3 is 1.48 bits per heavy atom. The minimum absolute atomic E-state index is 0.117. The first-order chi connectivity index (χ1) is 10.1. The summed E-state index contributed by atoms with van der Waals surface area (Å²) in [6, 6.07) is 7.50. The van der Waals surface area contributed by atoms with Crippen molar-refractivity contribution in [2.45, 2.75) is 0 Å². The molecule has 2 rings (SSSR count). The van der Waals surface area contributed by atoms with Crippen molar-refractivity contribution >= 4 is 19.3 Å². The van der Waals surface area contributed by atoms with Crippen molar-refractivity contribution in [3.63, 3.8) is 0 Å². The summed E-state index contributed by atoms with van der Waals surface area (Å²) in [4.78, 5) is 12.4. The van der Waals surface area contributed by atoms with Crippen molar-refractivity contribution in [1.82, 2.24) is 9.97 Å². The molecule has 2 aromatic heterocycles. The van der Waals surface area contributed by atoms with E-state index in [-0.39, 0.29) is 7.69 Å². The SMILES string of the molecule is CN(C)c1ccc(OBOc2ccc(N(C)C)nc2)cn1. The van der Waals surface area contributed by atoms with Crippen LogP contribution in [0.25, 0.3) is 0 Å². The number of rotatable bonds is 6. The van der Waals surface area contributed by atoms with E-state index in [0.717, 1.165) is 11.6 Å². The van der Waals surface area contributed by atoms with Crippen molar-refractivity contribution in [1.29, 1.82) is 0 Å². The molecule has 21 heavy (non-hydrogen) atoms. The molecule has 0 radical (unpaired) electrons. The molecule has 0 unspecified atom stereocenters. The van der Waals surface area contributed by atoms with E-state index in [1.165, 1.54) is 0 Å². The molecular formula is C14H19BN4O2. The molecule has 0 aliphatic carbocycles. The standard InChI is InChI=1S/C14H19BN4O2/c1-18(2)13-7-5-11(9-16-13)20-15-21-12-6-8-14(17-10-12)19(3)4/h5-10,15H,1-4H3. The number of nitrogens with zero attached hydrogens (tertiary/aromatic N) is 4. The lowest BCUT2D eigenvalue weighted by Crippen LogP contribution is -2.13. The fraction of sp³-hybridized carbons (Fsp3) is 0.286. The number of anilines is 2. The lowest BCUT2D eigenvalue weighted by atomic mass is 10.3. The zero-order chi connectivity index (χ0) is 15.2. The summed E-state index contributed by atoms with van der Waals surface area (Å²) in [6.07, 6.45) is 3.35. The predicted molar refractivity (Wildman–Crippen MR) is 85.5 cm³/mol. The summed E-state index contributed by atoms with van der Waals surface area (Å²) in [5, 5.41) is 0. The Kier molecular flexibility index (Phi) is 4.87. The van der Waals surface area contributed by atoms with Crippen LogP contribution in [0.4, 0.5) is 11.6 Å². The molecule has 0 N–H and O–H groups in total. The van der Waals surface area contributed by atoms with Gasteiger partial charge in [0.2, 0.25) is 0 Å². The molecule has 0 spiro atoms. The molecule has 0 aromatic carbocycles. The first kappa shape index (κ1) is 15.0. The minimum Gasteiger partial charge on any atom is -0.527 e. The van der Waals surface area contributed by atoms with Crippen LogP contribution < -0.4 is 19.1 Å². The molecule has 7 heteroatoms. The average Bonchev–Trinajstić information content (AvgIpc) is 2.48. The first-order valence-electron chi connectivity index (χ1n) is 6.58. The van der Waals surface area contributed by atoms with E-state index < -0.39 is 0 Å². The molecule has 0 bridgehead atoms. The fourth-order valence-corrected chi connectivity index (χ4v) is 1.61. The van der Waals surface area contributed by atoms with Gasteiger partial charge >= 0.3 is 7.69 Å². The Balaban J connectivity index is 1.83. The summed E-state index contributed by atoms with van der Waals surface area (Å²) in [6.45, 7) is 0. The van der Waals surface area contributed by atoms with Gasteiger partial charge in [0.25, 0.3) is 0 Å². The van der Waals surface area contributed by atoms with Gasteiger partial charge in [-0.25, -0.2) is 9.97 Å². The van der Waals surface area contributed by atoms with Crippen LogP contribution in [0.1, 0.15) is 0 Å². The van der Waals surface area contributed by atoms with Gasteiger partial charge in [0.15, 0.2) is 0 Å². The quantitative estimate of drug-likeness (QED) is 0.747. The van der Waals surface area contributed by atoms with Gasteiger partial charge in [0, 0.05) is 28.2 Å². The Bertz CT molecular complexity index is 507. The van der Waals surface area contributed by atoms with Gasteiger partial charge in [0.1, 0.15) is 23.1 Å². The maximum atomic E-state index is 5.48. The number of aromatic nitrogens is 2. The lowest BCUT2D eigenvalue weighted by molar-refractivity contribution is 0.456. The minimum atomic E-state index is 0.117. The molecule has 0 aliphatic heterocycles. The van der Waals surface area contributed by atoms with Crippen LogP contribution in [-0.2, 0) is 0 Å². The highest BCUT2D eigenvalue weighted by atomic mass is 16.6. The van der Waals surface area contributed by atoms with Gasteiger partial charge in [-0.05, 0) is 24.3 Å². The molecule has 2 aromatic rings. The van der Waals surface area contributed by atoms with E-state index in [1.807, 2.05) is 62.3 Å². The Labute approximate surface area is 125 Å². The van der Waals surface area contributed by atoms with E-state index in [4.69, 9.17) is 9.31 Å². The van der Waals surface area contributed by atoms with Crippen LogP contribution in [0.5, 0.6) is 11.5 Å². The fourth-order valence-electron chi connectivity index (χ4n) is 1.61. The molecule has 2 heterocycles. The molecule has 6 nitrogen and oxygen atoms in total. The summed E-state index contributed by atoms with van der Waals surface area (Å²) >= 11 is 0. The van der Waals surface area contributed by atoms with Crippen LogP contribution in [0, 0.1) is 0 Å².